The number of piperidine rings is 1. The Morgan fingerprint density at radius 3 is 3.00 bits per heavy atom. The molecule has 0 bridgehead atoms. The zero-order chi connectivity index (χ0) is 11.5. The maximum absolute atomic E-state index is 13.1. The molecule has 0 aromatic heterocycles. The average Bonchev–Trinajstić information content (AvgIpc) is 2.28. The first-order valence-electron chi connectivity index (χ1n) is 5.44. The topological polar surface area (TPSA) is 55.1 Å². The Hall–Kier alpha value is -1.42. The molecule has 1 amide bonds. The second-order valence-corrected chi connectivity index (χ2v) is 4.22. The molecule has 1 fully saturated rings. The predicted octanol–water partition coefficient (Wildman–Crippen LogP) is 1.35. The van der Waals surface area contributed by atoms with Gasteiger partial charge in [-0.1, -0.05) is 12.1 Å². The first kappa shape index (κ1) is 11.1. The van der Waals surface area contributed by atoms with Crippen LogP contribution in [0.5, 0.6) is 0 Å². The van der Waals surface area contributed by atoms with Gasteiger partial charge >= 0.3 is 0 Å². The molecule has 3 nitrogen and oxygen atoms in total. The van der Waals surface area contributed by atoms with Crippen molar-refractivity contribution in [3.8, 4) is 0 Å². The van der Waals surface area contributed by atoms with Gasteiger partial charge in [-0.25, -0.2) is 4.39 Å². The van der Waals surface area contributed by atoms with E-state index < -0.39 is 0 Å². The van der Waals surface area contributed by atoms with E-state index in [1.165, 1.54) is 12.1 Å². The van der Waals surface area contributed by atoms with Gasteiger partial charge in [0, 0.05) is 6.42 Å². The lowest BCUT2D eigenvalue weighted by Crippen LogP contribution is -2.39. The van der Waals surface area contributed by atoms with Crippen molar-refractivity contribution in [2.45, 2.75) is 18.9 Å². The van der Waals surface area contributed by atoms with Crippen molar-refractivity contribution in [3.05, 3.63) is 35.6 Å². The molecule has 16 heavy (non-hydrogen) atoms. The van der Waals surface area contributed by atoms with Crippen LogP contribution in [0, 0.1) is 11.7 Å². The van der Waals surface area contributed by atoms with Crippen LogP contribution in [0.3, 0.4) is 0 Å². The van der Waals surface area contributed by atoms with Crippen LogP contribution in [0.2, 0.25) is 0 Å². The highest BCUT2D eigenvalue weighted by Gasteiger charge is 2.26. The molecule has 0 radical (unpaired) electrons. The normalized spacial score (nSPS) is 25.2. The summed E-state index contributed by atoms with van der Waals surface area (Å²) in [7, 11) is 0. The zero-order valence-electron chi connectivity index (χ0n) is 8.95. The summed E-state index contributed by atoms with van der Waals surface area (Å²) in [6.45, 7) is 0.499. The molecule has 0 saturated carbocycles. The second-order valence-electron chi connectivity index (χ2n) is 4.22. The van der Waals surface area contributed by atoms with Crippen molar-refractivity contribution < 1.29 is 9.18 Å². The monoisotopic (exact) mass is 222 g/mol. The van der Waals surface area contributed by atoms with Crippen LogP contribution in [-0.2, 0) is 4.79 Å². The van der Waals surface area contributed by atoms with E-state index in [0.717, 1.165) is 12.0 Å². The predicted molar refractivity (Wildman–Crippen MR) is 59.1 cm³/mol. The Morgan fingerprint density at radius 2 is 2.31 bits per heavy atom. The highest BCUT2D eigenvalue weighted by molar-refractivity contribution is 5.77. The number of hydrogen-bond donors (Lipinski definition) is 2. The van der Waals surface area contributed by atoms with E-state index in [-0.39, 0.29) is 23.7 Å². The van der Waals surface area contributed by atoms with Crippen LogP contribution < -0.4 is 11.1 Å². The van der Waals surface area contributed by atoms with Crippen LogP contribution in [0.15, 0.2) is 24.3 Å². The molecule has 0 spiro atoms. The maximum atomic E-state index is 13.1. The third-order valence-corrected chi connectivity index (χ3v) is 2.96. The van der Waals surface area contributed by atoms with E-state index >= 15 is 0 Å². The third kappa shape index (κ3) is 2.39. The highest BCUT2D eigenvalue weighted by atomic mass is 19.1. The molecule has 1 aliphatic rings. The largest absolute Gasteiger partial charge is 0.349 e. The van der Waals surface area contributed by atoms with Gasteiger partial charge in [0.05, 0.1) is 6.04 Å². The lowest BCUT2D eigenvalue weighted by molar-refractivity contribution is -0.124. The molecule has 86 valence electrons. The Bertz CT molecular complexity index is 394. The van der Waals surface area contributed by atoms with Gasteiger partial charge in [0.1, 0.15) is 5.82 Å². The van der Waals surface area contributed by atoms with Gasteiger partial charge in [-0.2, -0.15) is 0 Å². The lowest BCUT2D eigenvalue weighted by Gasteiger charge is -2.29. The summed E-state index contributed by atoms with van der Waals surface area (Å²) in [5.41, 5.74) is 6.39. The number of hydrogen-bond acceptors (Lipinski definition) is 2. The zero-order valence-corrected chi connectivity index (χ0v) is 8.95. The molecule has 1 aliphatic heterocycles. The van der Waals surface area contributed by atoms with Gasteiger partial charge in [-0.05, 0) is 36.6 Å². The molecule has 1 aromatic carbocycles. The van der Waals surface area contributed by atoms with Crippen LogP contribution >= 0.6 is 0 Å². The van der Waals surface area contributed by atoms with Crippen LogP contribution in [0.25, 0.3) is 0 Å². The first-order valence-corrected chi connectivity index (χ1v) is 5.44. The molecule has 3 N–H and O–H groups in total. The molecule has 1 aromatic rings. The summed E-state index contributed by atoms with van der Waals surface area (Å²) in [4.78, 5) is 11.4. The Kier molecular flexibility index (Phi) is 3.19. The fourth-order valence-electron chi connectivity index (χ4n) is 2.11. The van der Waals surface area contributed by atoms with Crippen LogP contribution in [-0.4, -0.2) is 12.5 Å². The van der Waals surface area contributed by atoms with E-state index in [1.807, 2.05) is 6.07 Å². The standard InChI is InChI=1S/C12H15FN2O/c13-10-3-1-2-9(6-10)11-4-8(7-14)5-12(16)15-11/h1-3,6,8,11H,4-5,7,14H2,(H,15,16). The number of rotatable bonds is 2. The van der Waals surface area contributed by atoms with Gasteiger partial charge < -0.3 is 11.1 Å². The fraction of sp³-hybridized carbons (Fsp3) is 0.417. The van der Waals surface area contributed by atoms with Crippen LogP contribution in [0.1, 0.15) is 24.4 Å². The number of carbonyl (C=O) groups excluding carboxylic acids is 1. The third-order valence-electron chi connectivity index (χ3n) is 2.96. The molecular weight excluding hydrogens is 207 g/mol. The summed E-state index contributed by atoms with van der Waals surface area (Å²) in [6.07, 6.45) is 1.26. The van der Waals surface area contributed by atoms with E-state index in [9.17, 15) is 9.18 Å². The summed E-state index contributed by atoms with van der Waals surface area (Å²) in [6, 6.07) is 6.24. The molecule has 4 heteroatoms. The molecule has 2 unspecified atom stereocenters. The Labute approximate surface area is 93.8 Å². The SMILES string of the molecule is NCC1CC(=O)NC(c2cccc(F)c2)C1. The van der Waals surface area contributed by atoms with Crippen LogP contribution in [0.4, 0.5) is 4.39 Å². The van der Waals surface area contributed by atoms with Gasteiger partial charge in [0.2, 0.25) is 5.91 Å². The number of nitrogens with two attached hydrogens (primary N) is 1. The highest BCUT2D eigenvalue weighted by Crippen LogP contribution is 2.27. The molecule has 2 rings (SSSR count). The van der Waals surface area contributed by atoms with Gasteiger partial charge in [-0.3, -0.25) is 4.79 Å². The minimum absolute atomic E-state index is 0.00374. The number of nitrogens with one attached hydrogen (secondary N) is 1. The summed E-state index contributed by atoms with van der Waals surface area (Å²) in [5.74, 6) is -0.0837. The van der Waals surface area contributed by atoms with Crippen molar-refractivity contribution in [1.29, 1.82) is 0 Å². The molecular formula is C12H15FN2O. The van der Waals surface area contributed by atoms with E-state index in [0.29, 0.717) is 13.0 Å². The molecule has 0 aliphatic carbocycles. The minimum Gasteiger partial charge on any atom is -0.349 e. The van der Waals surface area contributed by atoms with Crippen molar-refractivity contribution >= 4 is 5.91 Å². The van der Waals surface area contributed by atoms with Crippen molar-refractivity contribution in [1.82, 2.24) is 5.32 Å². The number of carbonyl (C=O) groups is 1. The quantitative estimate of drug-likeness (QED) is 0.793. The minimum atomic E-state index is -0.276. The smallest absolute Gasteiger partial charge is 0.220 e. The van der Waals surface area contributed by atoms with Crippen molar-refractivity contribution in [3.63, 3.8) is 0 Å². The summed E-state index contributed by atoms with van der Waals surface area (Å²) < 4.78 is 13.1. The average molecular weight is 222 g/mol. The molecule has 2 atom stereocenters. The Balaban J connectivity index is 2.17. The first-order chi connectivity index (χ1) is 7.69. The van der Waals surface area contributed by atoms with Gasteiger partial charge in [0.25, 0.3) is 0 Å². The number of halogens is 1. The second kappa shape index (κ2) is 4.61. The Morgan fingerprint density at radius 1 is 1.50 bits per heavy atom. The van der Waals surface area contributed by atoms with E-state index in [1.54, 1.807) is 6.07 Å². The van der Waals surface area contributed by atoms with Gasteiger partial charge in [-0.15, -0.1) is 0 Å². The molecule has 1 saturated heterocycles. The maximum Gasteiger partial charge on any atom is 0.220 e. The van der Waals surface area contributed by atoms with E-state index in [2.05, 4.69) is 5.32 Å². The number of benzene rings is 1. The fourth-order valence-corrected chi connectivity index (χ4v) is 2.11. The summed E-state index contributed by atoms with van der Waals surface area (Å²) >= 11 is 0. The van der Waals surface area contributed by atoms with Crippen molar-refractivity contribution in [2.24, 2.45) is 11.7 Å². The van der Waals surface area contributed by atoms with Crippen molar-refractivity contribution in [2.75, 3.05) is 6.54 Å². The lowest BCUT2D eigenvalue weighted by atomic mass is 9.88. The number of amides is 1. The van der Waals surface area contributed by atoms with E-state index in [4.69, 9.17) is 5.73 Å². The van der Waals surface area contributed by atoms with Gasteiger partial charge in [0.15, 0.2) is 0 Å². The summed E-state index contributed by atoms with van der Waals surface area (Å²) in [5, 5.41) is 2.86. The molecule has 1 heterocycles.